The Morgan fingerprint density at radius 2 is 1.95 bits per heavy atom. The molecule has 0 unspecified atom stereocenters. The second kappa shape index (κ2) is 6.29. The summed E-state index contributed by atoms with van der Waals surface area (Å²) in [6, 6.07) is 2.01. The van der Waals surface area contributed by atoms with Crippen LogP contribution < -0.4 is 4.72 Å². The van der Waals surface area contributed by atoms with E-state index in [9.17, 15) is 17.6 Å². The number of hydrogen-bond acceptors (Lipinski definition) is 4. The predicted molar refractivity (Wildman–Crippen MR) is 77.0 cm³/mol. The molecule has 0 bridgehead atoms. The van der Waals surface area contributed by atoms with Crippen molar-refractivity contribution in [2.24, 2.45) is 0 Å². The van der Waals surface area contributed by atoms with Crippen molar-refractivity contribution < 1.29 is 22.3 Å². The molecule has 0 aliphatic heterocycles. The Labute approximate surface area is 128 Å². The molecule has 0 radical (unpaired) electrons. The van der Waals surface area contributed by atoms with Crippen LogP contribution in [0.15, 0.2) is 23.1 Å². The number of sulfonamides is 1. The lowest BCUT2D eigenvalue weighted by Crippen LogP contribution is -2.42. The highest BCUT2D eigenvalue weighted by molar-refractivity contribution is 7.89. The van der Waals surface area contributed by atoms with Crippen LogP contribution in [0.2, 0.25) is 5.02 Å². The Morgan fingerprint density at radius 3 is 2.43 bits per heavy atom. The molecule has 21 heavy (non-hydrogen) atoms. The van der Waals surface area contributed by atoms with E-state index in [4.69, 9.17) is 16.3 Å². The third-order valence-electron chi connectivity index (χ3n) is 2.28. The van der Waals surface area contributed by atoms with Gasteiger partial charge in [0, 0.05) is 5.02 Å². The summed E-state index contributed by atoms with van der Waals surface area (Å²) in [5.74, 6) is -1.74. The van der Waals surface area contributed by atoms with Gasteiger partial charge in [0.15, 0.2) is 0 Å². The van der Waals surface area contributed by atoms with Crippen LogP contribution in [-0.4, -0.2) is 26.0 Å². The highest BCUT2D eigenvalue weighted by Gasteiger charge is 2.28. The fourth-order valence-electron chi connectivity index (χ4n) is 1.43. The number of carbonyl (C=O) groups is 1. The van der Waals surface area contributed by atoms with Crippen LogP contribution in [0.5, 0.6) is 0 Å². The summed E-state index contributed by atoms with van der Waals surface area (Å²) in [6.07, 6.45) is 0. The molecule has 0 saturated heterocycles. The summed E-state index contributed by atoms with van der Waals surface area (Å²) in [7, 11) is -4.19. The lowest BCUT2D eigenvalue weighted by atomic mass is 10.2. The van der Waals surface area contributed by atoms with Gasteiger partial charge in [0.1, 0.15) is 22.4 Å². The fourth-order valence-corrected chi connectivity index (χ4v) is 2.84. The van der Waals surface area contributed by atoms with E-state index in [1.807, 2.05) is 0 Å². The maximum absolute atomic E-state index is 13.6. The zero-order chi connectivity index (χ0) is 16.4. The zero-order valence-corrected chi connectivity index (χ0v) is 13.7. The molecule has 0 fully saturated rings. The van der Waals surface area contributed by atoms with Crippen LogP contribution in [0.3, 0.4) is 0 Å². The normalized spacial score (nSPS) is 13.8. The van der Waals surface area contributed by atoms with E-state index >= 15 is 0 Å². The van der Waals surface area contributed by atoms with Gasteiger partial charge >= 0.3 is 5.97 Å². The van der Waals surface area contributed by atoms with E-state index < -0.39 is 38.3 Å². The van der Waals surface area contributed by atoms with Crippen molar-refractivity contribution in [2.75, 3.05) is 0 Å². The van der Waals surface area contributed by atoms with Gasteiger partial charge in [0.05, 0.1) is 0 Å². The lowest BCUT2D eigenvalue weighted by molar-refractivity contribution is -0.156. The van der Waals surface area contributed by atoms with Crippen molar-refractivity contribution in [1.29, 1.82) is 0 Å². The number of benzene rings is 1. The Hall–Kier alpha value is -1.18. The predicted octanol–water partition coefficient (Wildman–Crippen LogP) is 2.49. The van der Waals surface area contributed by atoms with Gasteiger partial charge in [-0.15, -0.1) is 0 Å². The summed E-state index contributed by atoms with van der Waals surface area (Å²) >= 11 is 5.57. The van der Waals surface area contributed by atoms with Crippen LogP contribution in [0.1, 0.15) is 27.7 Å². The average Bonchev–Trinajstić information content (AvgIpc) is 2.24. The molecule has 1 aromatic rings. The van der Waals surface area contributed by atoms with Gasteiger partial charge in [-0.2, -0.15) is 4.72 Å². The largest absolute Gasteiger partial charge is 0.459 e. The summed E-state index contributed by atoms with van der Waals surface area (Å²) in [4.78, 5) is 11.2. The average molecular weight is 338 g/mol. The van der Waals surface area contributed by atoms with Gasteiger partial charge in [-0.3, -0.25) is 4.79 Å². The Morgan fingerprint density at radius 1 is 1.38 bits per heavy atom. The van der Waals surface area contributed by atoms with Gasteiger partial charge in [-0.05, 0) is 45.9 Å². The molecule has 1 aromatic carbocycles. The van der Waals surface area contributed by atoms with Crippen LogP contribution >= 0.6 is 11.6 Å². The number of nitrogens with one attached hydrogen (secondary N) is 1. The number of esters is 1. The minimum Gasteiger partial charge on any atom is -0.459 e. The van der Waals surface area contributed by atoms with Crippen molar-refractivity contribution in [2.45, 2.75) is 44.2 Å². The number of halogens is 2. The van der Waals surface area contributed by atoms with Crippen molar-refractivity contribution in [1.82, 2.24) is 4.72 Å². The molecule has 0 aliphatic rings. The molecule has 0 aromatic heterocycles. The van der Waals surface area contributed by atoms with Gasteiger partial charge in [-0.25, -0.2) is 12.8 Å². The minimum atomic E-state index is -4.19. The van der Waals surface area contributed by atoms with Gasteiger partial charge in [0.2, 0.25) is 10.0 Å². The summed E-state index contributed by atoms with van der Waals surface area (Å²) in [5, 5.41) is 0.0756. The summed E-state index contributed by atoms with van der Waals surface area (Å²) in [6.45, 7) is 6.29. The topological polar surface area (TPSA) is 72.5 Å². The monoisotopic (exact) mass is 337 g/mol. The van der Waals surface area contributed by atoms with Crippen molar-refractivity contribution in [3.8, 4) is 0 Å². The molecule has 0 spiro atoms. The van der Waals surface area contributed by atoms with Gasteiger partial charge in [-0.1, -0.05) is 11.6 Å². The molecular weight excluding hydrogens is 321 g/mol. The van der Waals surface area contributed by atoms with Gasteiger partial charge in [0.25, 0.3) is 0 Å². The Balaban J connectivity index is 2.92. The molecule has 1 rings (SSSR count). The van der Waals surface area contributed by atoms with Crippen molar-refractivity contribution in [3.63, 3.8) is 0 Å². The first kappa shape index (κ1) is 17.9. The highest BCUT2D eigenvalue weighted by Crippen LogP contribution is 2.19. The summed E-state index contributed by atoms with van der Waals surface area (Å²) in [5.41, 5.74) is -0.748. The summed E-state index contributed by atoms with van der Waals surface area (Å²) < 4.78 is 44.9. The highest BCUT2D eigenvalue weighted by atomic mass is 35.5. The molecular formula is C13H17ClFNO4S. The second-order valence-corrected chi connectivity index (χ2v) is 7.57. The first-order valence-corrected chi connectivity index (χ1v) is 7.99. The molecule has 8 heteroatoms. The molecule has 0 saturated carbocycles. The quantitative estimate of drug-likeness (QED) is 0.857. The SMILES string of the molecule is C[C@@H](NS(=O)(=O)c1ccc(Cl)cc1F)C(=O)OC(C)(C)C. The molecule has 0 heterocycles. The van der Waals surface area contributed by atoms with E-state index in [1.165, 1.54) is 13.0 Å². The van der Waals surface area contributed by atoms with Crippen molar-refractivity contribution >= 4 is 27.6 Å². The lowest BCUT2D eigenvalue weighted by Gasteiger charge is -2.22. The molecule has 5 nitrogen and oxygen atoms in total. The number of hydrogen-bond donors (Lipinski definition) is 1. The van der Waals surface area contributed by atoms with Crippen LogP contribution in [0, 0.1) is 5.82 Å². The van der Waals surface area contributed by atoms with Crippen molar-refractivity contribution in [3.05, 3.63) is 29.0 Å². The maximum atomic E-state index is 13.6. The number of ether oxygens (including phenoxy) is 1. The first-order chi connectivity index (χ1) is 9.42. The van der Waals surface area contributed by atoms with E-state index in [-0.39, 0.29) is 5.02 Å². The zero-order valence-electron chi connectivity index (χ0n) is 12.1. The Bertz CT molecular complexity index is 640. The Kier molecular flexibility index (Phi) is 5.35. The van der Waals surface area contributed by atoms with E-state index in [2.05, 4.69) is 4.72 Å². The van der Waals surface area contributed by atoms with Gasteiger partial charge < -0.3 is 4.74 Å². The van der Waals surface area contributed by atoms with Crippen LogP contribution in [0.4, 0.5) is 4.39 Å². The van der Waals surface area contributed by atoms with E-state index in [0.717, 1.165) is 12.1 Å². The number of rotatable bonds is 4. The van der Waals surface area contributed by atoms with Crippen LogP contribution in [0.25, 0.3) is 0 Å². The molecule has 0 aliphatic carbocycles. The second-order valence-electron chi connectivity index (χ2n) is 5.45. The molecule has 1 N–H and O–H groups in total. The first-order valence-electron chi connectivity index (χ1n) is 6.12. The van der Waals surface area contributed by atoms with Crippen LogP contribution in [-0.2, 0) is 19.6 Å². The third kappa shape index (κ3) is 5.26. The van der Waals surface area contributed by atoms with E-state index in [0.29, 0.717) is 0 Å². The molecule has 0 amide bonds. The standard InChI is InChI=1S/C13H17ClFNO4S/c1-8(12(17)20-13(2,3)4)16-21(18,19)11-6-5-9(14)7-10(11)15/h5-8,16H,1-4H3/t8-/m1/s1. The minimum absolute atomic E-state index is 0.0756. The smallest absolute Gasteiger partial charge is 0.324 e. The fraction of sp³-hybridized carbons (Fsp3) is 0.462. The number of carbonyl (C=O) groups excluding carboxylic acids is 1. The maximum Gasteiger partial charge on any atom is 0.324 e. The molecule has 1 atom stereocenters. The van der Waals surface area contributed by atoms with E-state index in [1.54, 1.807) is 20.8 Å². The third-order valence-corrected chi connectivity index (χ3v) is 4.08. The molecule has 118 valence electrons.